The zero-order valence-electron chi connectivity index (χ0n) is 14.4. The van der Waals surface area contributed by atoms with E-state index in [9.17, 15) is 0 Å². The number of fused-ring (bicyclic) bond motifs is 7. The lowest BCUT2D eigenvalue weighted by Crippen LogP contribution is -1.86. The van der Waals surface area contributed by atoms with Crippen molar-refractivity contribution in [1.29, 1.82) is 0 Å². The Morgan fingerprint density at radius 3 is 2.48 bits per heavy atom. The van der Waals surface area contributed by atoms with E-state index in [1.54, 1.807) is 0 Å². The van der Waals surface area contributed by atoms with Gasteiger partial charge >= 0.3 is 0 Å². The number of hydrogen-bond donors (Lipinski definition) is 0. The summed E-state index contributed by atoms with van der Waals surface area (Å²) in [6.07, 6.45) is 3.65. The van der Waals surface area contributed by atoms with Gasteiger partial charge in [-0.05, 0) is 52.1 Å². The maximum absolute atomic E-state index is 6.04. The highest BCUT2D eigenvalue weighted by molar-refractivity contribution is 6.23. The molecule has 5 rings (SSSR count). The van der Waals surface area contributed by atoms with Gasteiger partial charge in [-0.25, -0.2) is 0 Å². The highest BCUT2D eigenvalue weighted by atomic mass is 16.3. The molecular formula is C24H20O. The first kappa shape index (κ1) is 14.5. The van der Waals surface area contributed by atoms with Gasteiger partial charge in [0.1, 0.15) is 11.2 Å². The maximum atomic E-state index is 6.04. The topological polar surface area (TPSA) is 13.1 Å². The Hall–Kier alpha value is -2.80. The number of hydrogen-bond acceptors (Lipinski definition) is 1. The van der Waals surface area contributed by atoms with Crippen LogP contribution >= 0.6 is 0 Å². The van der Waals surface area contributed by atoms with Crippen molar-refractivity contribution < 1.29 is 4.42 Å². The second-order valence-electron chi connectivity index (χ2n) is 6.86. The van der Waals surface area contributed by atoms with Crippen molar-refractivity contribution in [3.8, 4) is 0 Å². The third kappa shape index (κ3) is 2.23. The Morgan fingerprint density at radius 2 is 1.56 bits per heavy atom. The highest BCUT2D eigenvalue weighted by Gasteiger charge is 2.11. The summed E-state index contributed by atoms with van der Waals surface area (Å²) in [5.41, 5.74) is 3.36. The van der Waals surface area contributed by atoms with Crippen LogP contribution in [0, 0.1) is 0 Å². The number of para-hydroxylation sites is 1. The lowest BCUT2D eigenvalue weighted by molar-refractivity contribution is 0.669. The highest BCUT2D eigenvalue weighted by Crippen LogP contribution is 2.37. The molecule has 0 atom stereocenters. The third-order valence-electron chi connectivity index (χ3n) is 5.24. The van der Waals surface area contributed by atoms with Gasteiger partial charge < -0.3 is 4.42 Å². The smallest absolute Gasteiger partial charge is 0.136 e. The molecular weight excluding hydrogens is 304 g/mol. The van der Waals surface area contributed by atoms with Gasteiger partial charge in [0.25, 0.3) is 0 Å². The minimum absolute atomic E-state index is 0.958. The van der Waals surface area contributed by atoms with Gasteiger partial charge in [0, 0.05) is 10.8 Å². The number of benzene rings is 4. The van der Waals surface area contributed by atoms with E-state index in [1.807, 2.05) is 12.1 Å². The van der Waals surface area contributed by atoms with Gasteiger partial charge in [0.05, 0.1) is 0 Å². The standard InChI is InChI=1S/C24H20O/c1-2-3-6-16-9-11-18-17(15-16)10-12-20-19(18)13-14-23-24(20)21-7-4-5-8-22(21)25-23/h4-5,7-15H,2-3,6H2,1H3. The van der Waals surface area contributed by atoms with Crippen LogP contribution in [0.2, 0.25) is 0 Å². The van der Waals surface area contributed by atoms with Gasteiger partial charge in [-0.3, -0.25) is 0 Å². The Labute approximate surface area is 146 Å². The number of unbranched alkanes of at least 4 members (excludes halogenated alkanes) is 1. The molecule has 0 amide bonds. The van der Waals surface area contributed by atoms with Crippen LogP contribution in [-0.4, -0.2) is 0 Å². The number of aryl methyl sites for hydroxylation is 1. The molecule has 0 aliphatic heterocycles. The largest absolute Gasteiger partial charge is 0.456 e. The fourth-order valence-corrected chi connectivity index (χ4v) is 3.96. The predicted octanol–water partition coefficient (Wildman–Crippen LogP) is 7.24. The Bertz CT molecular complexity index is 1230. The van der Waals surface area contributed by atoms with Crippen LogP contribution in [0.3, 0.4) is 0 Å². The van der Waals surface area contributed by atoms with Crippen molar-refractivity contribution in [2.75, 3.05) is 0 Å². The molecule has 25 heavy (non-hydrogen) atoms. The summed E-state index contributed by atoms with van der Waals surface area (Å²) < 4.78 is 6.04. The second-order valence-corrected chi connectivity index (χ2v) is 6.86. The van der Waals surface area contributed by atoms with Crippen LogP contribution in [0.15, 0.2) is 71.1 Å². The van der Waals surface area contributed by atoms with Gasteiger partial charge in [-0.1, -0.05) is 67.9 Å². The second kappa shape index (κ2) is 5.63. The van der Waals surface area contributed by atoms with Crippen molar-refractivity contribution in [2.45, 2.75) is 26.2 Å². The molecule has 1 heterocycles. The average Bonchev–Trinajstić information content (AvgIpc) is 3.04. The lowest BCUT2D eigenvalue weighted by atomic mass is 9.96. The lowest BCUT2D eigenvalue weighted by Gasteiger charge is -2.07. The molecule has 4 aromatic carbocycles. The van der Waals surface area contributed by atoms with Crippen molar-refractivity contribution >= 4 is 43.5 Å². The fourth-order valence-electron chi connectivity index (χ4n) is 3.96. The molecule has 1 heteroatoms. The van der Waals surface area contributed by atoms with E-state index in [4.69, 9.17) is 4.42 Å². The maximum Gasteiger partial charge on any atom is 0.136 e. The van der Waals surface area contributed by atoms with Gasteiger partial charge in [-0.15, -0.1) is 0 Å². The van der Waals surface area contributed by atoms with Crippen LogP contribution in [0.5, 0.6) is 0 Å². The number of rotatable bonds is 3. The van der Waals surface area contributed by atoms with Crippen molar-refractivity contribution in [3.05, 3.63) is 72.3 Å². The van der Waals surface area contributed by atoms with E-state index in [0.29, 0.717) is 0 Å². The molecule has 1 nitrogen and oxygen atoms in total. The minimum atomic E-state index is 0.958. The first-order chi connectivity index (χ1) is 12.3. The molecule has 5 aromatic rings. The summed E-state index contributed by atoms with van der Waals surface area (Å²) in [6, 6.07) is 24.1. The Kier molecular flexibility index (Phi) is 3.27. The first-order valence-electron chi connectivity index (χ1n) is 9.11. The Balaban J connectivity index is 1.82. The zero-order valence-corrected chi connectivity index (χ0v) is 14.4. The molecule has 0 saturated carbocycles. The van der Waals surface area contributed by atoms with Crippen LogP contribution in [0.25, 0.3) is 43.5 Å². The summed E-state index contributed by atoms with van der Waals surface area (Å²) in [4.78, 5) is 0. The summed E-state index contributed by atoms with van der Waals surface area (Å²) in [5.74, 6) is 0. The van der Waals surface area contributed by atoms with Crippen LogP contribution in [-0.2, 0) is 6.42 Å². The van der Waals surface area contributed by atoms with Crippen LogP contribution in [0.1, 0.15) is 25.3 Å². The van der Waals surface area contributed by atoms with Crippen molar-refractivity contribution in [1.82, 2.24) is 0 Å². The van der Waals surface area contributed by atoms with E-state index >= 15 is 0 Å². The van der Waals surface area contributed by atoms with Crippen LogP contribution in [0.4, 0.5) is 0 Å². The molecule has 0 aliphatic rings. The fraction of sp³-hybridized carbons (Fsp3) is 0.167. The molecule has 0 aliphatic carbocycles. The van der Waals surface area contributed by atoms with Crippen LogP contribution < -0.4 is 0 Å². The molecule has 0 bridgehead atoms. The van der Waals surface area contributed by atoms with Crippen molar-refractivity contribution in [3.63, 3.8) is 0 Å². The SMILES string of the molecule is CCCCc1ccc2c(ccc3c2ccc2oc4ccccc4c23)c1. The molecule has 0 fully saturated rings. The predicted molar refractivity (Wildman–Crippen MR) is 107 cm³/mol. The van der Waals surface area contributed by atoms with E-state index in [1.165, 1.54) is 50.7 Å². The zero-order chi connectivity index (χ0) is 16.8. The van der Waals surface area contributed by atoms with Gasteiger partial charge in [-0.2, -0.15) is 0 Å². The molecule has 0 N–H and O–H groups in total. The molecule has 0 saturated heterocycles. The third-order valence-corrected chi connectivity index (χ3v) is 5.24. The van der Waals surface area contributed by atoms with E-state index < -0.39 is 0 Å². The molecule has 0 radical (unpaired) electrons. The molecule has 1 aromatic heterocycles. The molecule has 0 spiro atoms. The average molecular weight is 324 g/mol. The van der Waals surface area contributed by atoms with Gasteiger partial charge in [0.15, 0.2) is 0 Å². The normalized spacial score (nSPS) is 11.9. The van der Waals surface area contributed by atoms with E-state index in [2.05, 4.69) is 61.5 Å². The minimum Gasteiger partial charge on any atom is -0.456 e. The first-order valence-corrected chi connectivity index (χ1v) is 9.11. The van der Waals surface area contributed by atoms with E-state index in [0.717, 1.165) is 17.6 Å². The summed E-state index contributed by atoms with van der Waals surface area (Å²) in [7, 11) is 0. The molecule has 0 unspecified atom stereocenters. The monoisotopic (exact) mass is 324 g/mol. The summed E-state index contributed by atoms with van der Waals surface area (Å²) >= 11 is 0. The Morgan fingerprint density at radius 1 is 0.720 bits per heavy atom. The summed E-state index contributed by atoms with van der Waals surface area (Å²) in [6.45, 7) is 2.25. The van der Waals surface area contributed by atoms with Crippen molar-refractivity contribution in [2.24, 2.45) is 0 Å². The van der Waals surface area contributed by atoms with E-state index in [-0.39, 0.29) is 0 Å². The molecule has 122 valence electrons. The summed E-state index contributed by atoms with van der Waals surface area (Å²) in [5, 5.41) is 7.65. The number of furan rings is 1. The quantitative estimate of drug-likeness (QED) is 0.319. The van der Waals surface area contributed by atoms with Gasteiger partial charge in [0.2, 0.25) is 0 Å².